The average Bonchev–Trinajstić information content (AvgIpc) is 3.58. The number of hydrogen-bond donors (Lipinski definition) is 6. The molecule has 0 spiro atoms. The van der Waals surface area contributed by atoms with Crippen LogP contribution in [-0.2, 0) is 25.7 Å². The lowest BCUT2D eigenvalue weighted by atomic mass is 9.95. The standard InChI is InChI=1S/C41H56N6O7/c1-6-27(4)35(23-48)43-38(50)21-37(49)33(19-26(2)3)44-39(51)34(45-41(53)54-24-29-13-8-7-9-14-29)20-31-22-46(40(52)28(5)42)25-47(31)36-18-12-16-30-15-10-11-17-32(30)36/h7-18,22,26-28,33-35,37,48-49H,6,19-21,23-25,42H2,1-5H3,(H,43,50)(H,44,51)(H,45,53)/t27-,28-,33-,34-,35+,37-/m0/s1. The van der Waals surface area contributed by atoms with Gasteiger partial charge in [-0.1, -0.05) is 101 Å². The Balaban J connectivity index is 1.63. The predicted octanol–water partition coefficient (Wildman–Crippen LogP) is 4.12. The number of nitrogens with zero attached hydrogens (tertiary/aromatic N) is 2. The summed E-state index contributed by atoms with van der Waals surface area (Å²) < 4.78 is 5.51. The highest BCUT2D eigenvalue weighted by Crippen LogP contribution is 2.34. The molecule has 0 saturated carbocycles. The van der Waals surface area contributed by atoms with Gasteiger partial charge in [-0.15, -0.1) is 0 Å². The number of ether oxygens (including phenoxy) is 1. The molecule has 1 heterocycles. The number of rotatable bonds is 18. The molecule has 6 atom stereocenters. The third-order valence-electron chi connectivity index (χ3n) is 9.70. The smallest absolute Gasteiger partial charge is 0.408 e. The van der Waals surface area contributed by atoms with Gasteiger partial charge in [0.2, 0.25) is 17.7 Å². The number of aliphatic hydroxyl groups excluding tert-OH is 2. The van der Waals surface area contributed by atoms with Crippen molar-refractivity contribution in [2.45, 2.75) is 97.2 Å². The number of anilines is 1. The minimum Gasteiger partial charge on any atom is -0.445 e. The average molecular weight is 745 g/mol. The van der Waals surface area contributed by atoms with Crippen molar-refractivity contribution in [3.05, 3.63) is 90.3 Å². The summed E-state index contributed by atoms with van der Waals surface area (Å²) in [6, 6.07) is 19.4. The molecular weight excluding hydrogens is 688 g/mol. The number of fused-ring (bicyclic) bond motifs is 1. The highest BCUT2D eigenvalue weighted by atomic mass is 16.5. The molecule has 4 amide bonds. The second kappa shape index (κ2) is 19.9. The van der Waals surface area contributed by atoms with E-state index in [-0.39, 0.29) is 50.5 Å². The van der Waals surface area contributed by atoms with E-state index in [4.69, 9.17) is 10.5 Å². The highest BCUT2D eigenvalue weighted by molar-refractivity contribution is 5.96. The summed E-state index contributed by atoms with van der Waals surface area (Å²) in [6.45, 7) is 9.21. The van der Waals surface area contributed by atoms with Crippen molar-refractivity contribution in [3.63, 3.8) is 0 Å². The molecule has 4 rings (SSSR count). The molecule has 0 unspecified atom stereocenters. The van der Waals surface area contributed by atoms with E-state index < -0.39 is 48.2 Å². The zero-order valence-corrected chi connectivity index (χ0v) is 31.9. The van der Waals surface area contributed by atoms with E-state index in [1.165, 1.54) is 4.90 Å². The summed E-state index contributed by atoms with van der Waals surface area (Å²) in [7, 11) is 0. The van der Waals surface area contributed by atoms with E-state index >= 15 is 0 Å². The van der Waals surface area contributed by atoms with Crippen LogP contribution in [0.2, 0.25) is 0 Å². The van der Waals surface area contributed by atoms with Gasteiger partial charge in [0.25, 0.3) is 0 Å². The van der Waals surface area contributed by atoms with Crippen LogP contribution in [0.25, 0.3) is 10.8 Å². The number of carbonyl (C=O) groups is 4. The first-order valence-corrected chi connectivity index (χ1v) is 18.7. The Hall–Kier alpha value is -4.98. The summed E-state index contributed by atoms with van der Waals surface area (Å²) in [5.74, 6) is -1.34. The second-order valence-corrected chi connectivity index (χ2v) is 14.5. The normalized spacial score (nSPS) is 16.2. The second-order valence-electron chi connectivity index (χ2n) is 14.5. The fourth-order valence-electron chi connectivity index (χ4n) is 6.45. The number of nitrogens with two attached hydrogens (primary N) is 1. The van der Waals surface area contributed by atoms with Crippen molar-refractivity contribution >= 4 is 40.3 Å². The number of aliphatic hydroxyl groups is 2. The van der Waals surface area contributed by atoms with Crippen LogP contribution in [0, 0.1) is 11.8 Å². The zero-order valence-electron chi connectivity index (χ0n) is 31.9. The summed E-state index contributed by atoms with van der Waals surface area (Å²) in [5, 5.41) is 31.5. The maximum Gasteiger partial charge on any atom is 0.408 e. The molecule has 0 saturated heterocycles. The van der Waals surface area contributed by atoms with Crippen molar-refractivity contribution in [2.24, 2.45) is 17.6 Å². The number of carbonyl (C=O) groups excluding carboxylic acids is 4. The van der Waals surface area contributed by atoms with E-state index in [1.54, 1.807) is 13.1 Å². The first-order chi connectivity index (χ1) is 25.8. The van der Waals surface area contributed by atoms with Crippen LogP contribution >= 0.6 is 0 Å². The molecule has 54 heavy (non-hydrogen) atoms. The summed E-state index contributed by atoms with van der Waals surface area (Å²) in [5.41, 5.74) is 8.12. The number of alkyl carbamates (subject to hydrolysis) is 1. The van der Waals surface area contributed by atoms with Crippen LogP contribution in [0.4, 0.5) is 10.5 Å². The van der Waals surface area contributed by atoms with Crippen LogP contribution in [0.1, 0.15) is 65.9 Å². The molecule has 1 aliphatic rings. The molecule has 0 aromatic heterocycles. The fourth-order valence-corrected chi connectivity index (χ4v) is 6.45. The molecule has 7 N–H and O–H groups in total. The lowest BCUT2D eigenvalue weighted by Gasteiger charge is -2.30. The number of nitrogens with one attached hydrogen (secondary N) is 3. The first-order valence-electron chi connectivity index (χ1n) is 18.7. The third kappa shape index (κ3) is 11.5. The monoisotopic (exact) mass is 744 g/mol. The predicted molar refractivity (Wildman–Crippen MR) is 209 cm³/mol. The molecule has 13 heteroatoms. The lowest BCUT2D eigenvalue weighted by Crippen LogP contribution is -2.54. The minimum absolute atomic E-state index is 0.0216. The van der Waals surface area contributed by atoms with E-state index in [9.17, 15) is 29.4 Å². The summed E-state index contributed by atoms with van der Waals surface area (Å²) in [4.78, 5) is 57.2. The molecule has 13 nitrogen and oxygen atoms in total. The molecule has 0 fully saturated rings. The molecule has 292 valence electrons. The number of amides is 4. The van der Waals surface area contributed by atoms with Crippen LogP contribution < -0.4 is 26.6 Å². The Kier molecular flexibility index (Phi) is 15.4. The van der Waals surface area contributed by atoms with Gasteiger partial charge in [-0.25, -0.2) is 4.79 Å². The topological polar surface area (TPSA) is 187 Å². The summed E-state index contributed by atoms with van der Waals surface area (Å²) >= 11 is 0. The van der Waals surface area contributed by atoms with Gasteiger partial charge in [0.05, 0.1) is 42.9 Å². The molecule has 0 radical (unpaired) electrons. The lowest BCUT2D eigenvalue weighted by molar-refractivity contribution is -0.129. The minimum atomic E-state index is -1.27. The Bertz CT molecular complexity index is 1740. The zero-order chi connectivity index (χ0) is 39.4. The Labute approximate surface area is 317 Å². The Morgan fingerprint density at radius 3 is 2.24 bits per heavy atom. The van der Waals surface area contributed by atoms with Gasteiger partial charge < -0.3 is 41.5 Å². The van der Waals surface area contributed by atoms with Gasteiger partial charge in [0.15, 0.2) is 0 Å². The molecule has 0 bridgehead atoms. The van der Waals surface area contributed by atoms with Gasteiger partial charge in [-0.05, 0) is 42.2 Å². The van der Waals surface area contributed by atoms with Gasteiger partial charge in [-0.2, -0.15) is 0 Å². The first kappa shape index (κ1) is 41.8. The molecule has 0 aliphatic carbocycles. The van der Waals surface area contributed by atoms with Crippen LogP contribution in [-0.4, -0.2) is 82.5 Å². The van der Waals surface area contributed by atoms with Gasteiger partial charge in [0.1, 0.15) is 19.3 Å². The largest absolute Gasteiger partial charge is 0.445 e. The van der Waals surface area contributed by atoms with Crippen LogP contribution in [0.15, 0.2) is 84.7 Å². The number of benzene rings is 3. The SMILES string of the molecule is CC[C@H](C)[C@@H](CO)NC(=O)C[C@H](O)[C@H](CC(C)C)NC(=O)[C@H](CC1=CN(C(=O)[C@H](C)N)CN1c1cccc2ccccc12)NC(=O)OCc1ccccc1. The maximum absolute atomic E-state index is 14.3. The van der Waals surface area contributed by atoms with E-state index in [1.807, 2.05) is 105 Å². The van der Waals surface area contributed by atoms with E-state index in [2.05, 4.69) is 16.0 Å². The fraction of sp³-hybridized carbons (Fsp3) is 0.463. The maximum atomic E-state index is 14.3. The van der Waals surface area contributed by atoms with Crippen molar-refractivity contribution in [1.82, 2.24) is 20.9 Å². The highest BCUT2D eigenvalue weighted by Gasteiger charge is 2.35. The molecule has 3 aromatic rings. The van der Waals surface area contributed by atoms with Gasteiger partial charge >= 0.3 is 6.09 Å². The number of hydrogen-bond acceptors (Lipinski definition) is 9. The molecule has 1 aliphatic heterocycles. The summed E-state index contributed by atoms with van der Waals surface area (Å²) in [6.07, 6.45) is 0.250. The quantitative estimate of drug-likeness (QED) is 0.111. The van der Waals surface area contributed by atoms with Crippen LogP contribution in [0.5, 0.6) is 0 Å². The van der Waals surface area contributed by atoms with Crippen molar-refractivity contribution in [1.29, 1.82) is 0 Å². The van der Waals surface area contributed by atoms with Crippen LogP contribution in [0.3, 0.4) is 0 Å². The van der Waals surface area contributed by atoms with Crippen molar-refractivity contribution in [3.8, 4) is 0 Å². The van der Waals surface area contributed by atoms with E-state index in [0.717, 1.165) is 28.4 Å². The third-order valence-corrected chi connectivity index (χ3v) is 9.70. The Morgan fingerprint density at radius 2 is 1.57 bits per heavy atom. The Morgan fingerprint density at radius 1 is 0.889 bits per heavy atom. The molecule has 3 aromatic carbocycles. The van der Waals surface area contributed by atoms with E-state index in [0.29, 0.717) is 12.1 Å². The van der Waals surface area contributed by atoms with Crippen molar-refractivity contribution in [2.75, 3.05) is 18.2 Å². The molecular formula is C41H56N6O7. The van der Waals surface area contributed by atoms with Crippen molar-refractivity contribution < 1.29 is 34.1 Å². The van der Waals surface area contributed by atoms with Gasteiger partial charge in [-0.3, -0.25) is 19.3 Å². The van der Waals surface area contributed by atoms with Gasteiger partial charge in [0, 0.05) is 23.7 Å².